The third kappa shape index (κ3) is 2.59. The molecule has 0 aliphatic heterocycles. The van der Waals surface area contributed by atoms with Crippen molar-refractivity contribution in [1.29, 1.82) is 0 Å². The zero-order valence-electron chi connectivity index (χ0n) is 12.3. The number of rotatable bonds is 5. The summed E-state index contributed by atoms with van der Waals surface area (Å²) < 4.78 is 29.9. The smallest absolute Gasteiger partial charge is 0.243 e. The highest BCUT2D eigenvalue weighted by molar-refractivity contribution is 7.89. The molecule has 0 amide bonds. The average molecular weight is 307 g/mol. The summed E-state index contributed by atoms with van der Waals surface area (Å²) in [6.07, 6.45) is 2.21. The molecule has 0 bridgehead atoms. The molecule has 3 rings (SSSR count). The Morgan fingerprint density at radius 3 is 2.71 bits per heavy atom. The van der Waals surface area contributed by atoms with Crippen molar-refractivity contribution >= 4 is 20.9 Å². The first-order chi connectivity index (χ1) is 9.92. The first kappa shape index (κ1) is 14.6. The van der Waals surface area contributed by atoms with Gasteiger partial charge in [0.1, 0.15) is 4.90 Å². The molecule has 6 heteroatoms. The Bertz CT molecular complexity index is 776. The van der Waals surface area contributed by atoms with E-state index < -0.39 is 10.0 Å². The summed E-state index contributed by atoms with van der Waals surface area (Å²) in [5, 5.41) is 0.755. The molecule has 0 spiro atoms. The second-order valence-corrected chi connectivity index (χ2v) is 7.55. The van der Waals surface area contributed by atoms with E-state index in [1.54, 1.807) is 0 Å². The number of benzene rings is 1. The normalized spacial score (nSPS) is 17.3. The van der Waals surface area contributed by atoms with Crippen molar-refractivity contribution in [3.63, 3.8) is 0 Å². The minimum absolute atomic E-state index is 0.0879. The molecular weight excluding hydrogens is 286 g/mol. The SMILES string of the molecule is Cc1c(S(=O)(=O)NCC(N)C2CC2)c2ccccc2n1C. The van der Waals surface area contributed by atoms with Gasteiger partial charge in [0.15, 0.2) is 0 Å². The minimum Gasteiger partial charge on any atom is -0.347 e. The van der Waals surface area contributed by atoms with Gasteiger partial charge in [0, 0.05) is 36.2 Å². The summed E-state index contributed by atoms with van der Waals surface area (Å²) in [6.45, 7) is 2.13. The first-order valence-corrected chi connectivity index (χ1v) is 8.69. The van der Waals surface area contributed by atoms with Crippen molar-refractivity contribution in [2.75, 3.05) is 6.54 Å². The zero-order valence-corrected chi connectivity index (χ0v) is 13.2. The standard InChI is InChI=1S/C15H21N3O2S/c1-10-15(12-5-3-4-6-14(12)18(10)2)21(19,20)17-9-13(16)11-7-8-11/h3-6,11,13,17H,7-9,16H2,1-2H3. The Kier molecular flexibility index (Phi) is 3.55. The van der Waals surface area contributed by atoms with Gasteiger partial charge in [-0.05, 0) is 31.7 Å². The Labute approximate surface area is 125 Å². The second kappa shape index (κ2) is 5.12. The monoisotopic (exact) mass is 307 g/mol. The van der Waals surface area contributed by atoms with Crippen LogP contribution in [0.5, 0.6) is 0 Å². The van der Waals surface area contributed by atoms with Crippen LogP contribution in [0.4, 0.5) is 0 Å². The van der Waals surface area contributed by atoms with Crippen LogP contribution in [0.1, 0.15) is 18.5 Å². The Morgan fingerprint density at radius 1 is 1.38 bits per heavy atom. The minimum atomic E-state index is -3.55. The molecule has 1 aromatic heterocycles. The summed E-state index contributed by atoms with van der Waals surface area (Å²) in [5.41, 5.74) is 7.65. The molecule has 0 saturated heterocycles. The summed E-state index contributed by atoms with van der Waals surface area (Å²) >= 11 is 0. The molecule has 1 aromatic carbocycles. The summed E-state index contributed by atoms with van der Waals surface area (Å²) in [6, 6.07) is 7.45. The van der Waals surface area contributed by atoms with Crippen LogP contribution in [0, 0.1) is 12.8 Å². The zero-order chi connectivity index (χ0) is 15.2. The Hall–Kier alpha value is -1.37. The van der Waals surface area contributed by atoms with Crippen LogP contribution in [-0.4, -0.2) is 25.6 Å². The van der Waals surface area contributed by atoms with Gasteiger partial charge in [-0.25, -0.2) is 13.1 Å². The van der Waals surface area contributed by atoms with E-state index in [0.29, 0.717) is 17.4 Å². The third-order valence-corrected chi connectivity index (χ3v) is 5.95. The molecule has 2 aromatic rings. The van der Waals surface area contributed by atoms with E-state index >= 15 is 0 Å². The highest BCUT2D eigenvalue weighted by Crippen LogP contribution is 2.32. The molecular formula is C15H21N3O2S. The summed E-state index contributed by atoms with van der Waals surface area (Å²) in [5.74, 6) is 0.473. The fourth-order valence-corrected chi connectivity index (χ4v) is 4.34. The lowest BCUT2D eigenvalue weighted by Gasteiger charge is -2.12. The maximum atomic E-state index is 12.6. The number of sulfonamides is 1. The number of fused-ring (bicyclic) bond motifs is 1. The van der Waals surface area contributed by atoms with E-state index in [9.17, 15) is 8.42 Å². The lowest BCUT2D eigenvalue weighted by molar-refractivity contribution is 0.547. The number of nitrogens with one attached hydrogen (secondary N) is 1. The number of hydrogen-bond donors (Lipinski definition) is 2. The molecule has 1 fully saturated rings. The number of aryl methyl sites for hydroxylation is 1. The van der Waals surface area contributed by atoms with Gasteiger partial charge >= 0.3 is 0 Å². The van der Waals surface area contributed by atoms with E-state index in [2.05, 4.69) is 4.72 Å². The average Bonchev–Trinajstić information content (AvgIpc) is 3.25. The largest absolute Gasteiger partial charge is 0.347 e. The predicted molar refractivity (Wildman–Crippen MR) is 83.5 cm³/mol. The van der Waals surface area contributed by atoms with Crippen molar-refractivity contribution in [1.82, 2.24) is 9.29 Å². The molecule has 1 atom stereocenters. The summed E-state index contributed by atoms with van der Waals surface area (Å²) in [7, 11) is -1.67. The molecule has 21 heavy (non-hydrogen) atoms. The molecule has 0 radical (unpaired) electrons. The molecule has 1 aliphatic carbocycles. The first-order valence-electron chi connectivity index (χ1n) is 7.21. The van der Waals surface area contributed by atoms with E-state index in [1.165, 1.54) is 0 Å². The van der Waals surface area contributed by atoms with Crippen LogP contribution in [0.25, 0.3) is 10.9 Å². The number of hydrogen-bond acceptors (Lipinski definition) is 3. The maximum Gasteiger partial charge on any atom is 0.243 e. The molecule has 5 nitrogen and oxygen atoms in total. The van der Waals surface area contributed by atoms with E-state index in [0.717, 1.165) is 29.4 Å². The molecule has 1 unspecified atom stereocenters. The summed E-state index contributed by atoms with van der Waals surface area (Å²) in [4.78, 5) is 0.364. The lowest BCUT2D eigenvalue weighted by atomic mass is 10.2. The van der Waals surface area contributed by atoms with Gasteiger partial charge < -0.3 is 10.3 Å². The van der Waals surface area contributed by atoms with Gasteiger partial charge in [-0.3, -0.25) is 0 Å². The van der Waals surface area contributed by atoms with Gasteiger partial charge in [-0.15, -0.1) is 0 Å². The molecule has 3 N–H and O–H groups in total. The quantitative estimate of drug-likeness (QED) is 0.879. The Balaban J connectivity index is 1.96. The number of nitrogens with two attached hydrogens (primary N) is 1. The van der Waals surface area contributed by atoms with Crippen LogP contribution in [0.3, 0.4) is 0 Å². The molecule has 114 valence electrons. The van der Waals surface area contributed by atoms with Gasteiger partial charge in [0.05, 0.1) is 0 Å². The number of aromatic nitrogens is 1. The highest BCUT2D eigenvalue weighted by Gasteiger charge is 2.30. The number of para-hydroxylation sites is 1. The maximum absolute atomic E-state index is 12.6. The van der Waals surface area contributed by atoms with Crippen LogP contribution < -0.4 is 10.5 Å². The molecule has 1 heterocycles. The predicted octanol–water partition coefficient (Wildman–Crippen LogP) is 1.50. The Morgan fingerprint density at radius 2 is 2.05 bits per heavy atom. The molecule has 1 aliphatic rings. The van der Waals surface area contributed by atoms with E-state index in [-0.39, 0.29) is 6.04 Å². The van der Waals surface area contributed by atoms with Crippen molar-refractivity contribution in [2.45, 2.75) is 30.7 Å². The van der Waals surface area contributed by atoms with Crippen molar-refractivity contribution in [2.24, 2.45) is 18.7 Å². The highest BCUT2D eigenvalue weighted by atomic mass is 32.2. The fourth-order valence-electron chi connectivity index (χ4n) is 2.79. The fraction of sp³-hybridized carbons (Fsp3) is 0.467. The van der Waals surface area contributed by atoms with Crippen LogP contribution in [0.2, 0.25) is 0 Å². The van der Waals surface area contributed by atoms with Crippen molar-refractivity contribution in [3.8, 4) is 0 Å². The number of nitrogens with zero attached hydrogens (tertiary/aromatic N) is 1. The van der Waals surface area contributed by atoms with Crippen LogP contribution >= 0.6 is 0 Å². The van der Waals surface area contributed by atoms with Crippen LogP contribution in [-0.2, 0) is 17.1 Å². The molecule has 1 saturated carbocycles. The van der Waals surface area contributed by atoms with Crippen molar-refractivity contribution < 1.29 is 8.42 Å². The van der Waals surface area contributed by atoms with E-state index in [1.807, 2.05) is 42.8 Å². The van der Waals surface area contributed by atoms with E-state index in [4.69, 9.17) is 5.73 Å². The van der Waals surface area contributed by atoms with Gasteiger partial charge in [0.2, 0.25) is 10.0 Å². The lowest BCUT2D eigenvalue weighted by Crippen LogP contribution is -2.38. The third-order valence-electron chi connectivity index (χ3n) is 4.35. The topological polar surface area (TPSA) is 77.1 Å². The van der Waals surface area contributed by atoms with Crippen molar-refractivity contribution in [3.05, 3.63) is 30.0 Å². The van der Waals surface area contributed by atoms with Gasteiger partial charge in [-0.2, -0.15) is 0 Å². The van der Waals surface area contributed by atoms with Crippen LogP contribution in [0.15, 0.2) is 29.2 Å². The van der Waals surface area contributed by atoms with Gasteiger partial charge in [0.25, 0.3) is 0 Å². The van der Waals surface area contributed by atoms with Gasteiger partial charge in [-0.1, -0.05) is 18.2 Å². The second-order valence-electron chi connectivity index (χ2n) is 5.84.